The number of ether oxygens (including phenoxy) is 1. The van der Waals surface area contributed by atoms with Crippen molar-refractivity contribution in [2.24, 2.45) is 5.92 Å². The maximum Gasteiger partial charge on any atom is 0.432 e. The van der Waals surface area contributed by atoms with Crippen LogP contribution in [0.2, 0.25) is 0 Å². The first-order valence-electron chi connectivity index (χ1n) is 10.1. The molecular formula is C23H24F6O. The molecule has 1 fully saturated rings. The van der Waals surface area contributed by atoms with E-state index in [1.54, 1.807) is 0 Å². The smallest absolute Gasteiger partial charge is 0.429 e. The van der Waals surface area contributed by atoms with E-state index in [9.17, 15) is 26.3 Å². The predicted octanol–water partition coefficient (Wildman–Crippen LogP) is 7.75. The van der Waals surface area contributed by atoms with Crippen LogP contribution in [0.4, 0.5) is 26.3 Å². The lowest BCUT2D eigenvalue weighted by molar-refractivity contribution is -0.189. The normalized spacial score (nSPS) is 19.7. The maximum absolute atomic E-state index is 14.5. The number of alkyl halides is 2. The summed E-state index contributed by atoms with van der Waals surface area (Å²) in [7, 11) is 0. The molecule has 0 atom stereocenters. The van der Waals surface area contributed by atoms with E-state index in [-0.39, 0.29) is 11.5 Å². The van der Waals surface area contributed by atoms with Crippen molar-refractivity contribution in [1.29, 1.82) is 0 Å². The largest absolute Gasteiger partial charge is 0.432 e. The Morgan fingerprint density at radius 3 is 1.90 bits per heavy atom. The van der Waals surface area contributed by atoms with Gasteiger partial charge in [0.15, 0.2) is 0 Å². The Balaban J connectivity index is 1.82. The molecule has 0 heterocycles. The van der Waals surface area contributed by atoms with E-state index >= 15 is 0 Å². The van der Waals surface area contributed by atoms with Gasteiger partial charge in [0.1, 0.15) is 34.6 Å². The Kier molecular flexibility index (Phi) is 6.68. The maximum atomic E-state index is 14.5. The first-order chi connectivity index (χ1) is 14.1. The van der Waals surface area contributed by atoms with Crippen molar-refractivity contribution in [3.05, 3.63) is 64.2 Å². The molecule has 0 aromatic heterocycles. The molecule has 164 valence electrons. The van der Waals surface area contributed by atoms with Crippen LogP contribution in [0, 0.1) is 36.1 Å². The molecule has 0 amide bonds. The highest BCUT2D eigenvalue weighted by Gasteiger charge is 2.42. The molecule has 0 saturated heterocycles. The standard InChI is InChI=1S/C23H24F6O/c1-3-4-14-5-7-15(8-6-14)16-9-20(26)22(21(27)10-16)23(28,29)30-17-11-18(24)13(2)19(25)12-17/h9-12,14-15H,3-8H2,1-2H3. The Bertz CT molecular complexity index is 857. The SMILES string of the molecule is CCCC1CCC(c2cc(F)c(C(F)(F)Oc3cc(F)c(C)c(F)c3)c(F)c2)CC1. The van der Waals surface area contributed by atoms with Gasteiger partial charge in [0.05, 0.1) is 0 Å². The molecule has 0 aliphatic heterocycles. The van der Waals surface area contributed by atoms with Crippen molar-refractivity contribution < 1.29 is 31.1 Å². The minimum absolute atomic E-state index is 0.0917. The Hall–Kier alpha value is -2.18. The molecule has 1 nitrogen and oxygen atoms in total. The summed E-state index contributed by atoms with van der Waals surface area (Å²) < 4.78 is 89.5. The summed E-state index contributed by atoms with van der Waals surface area (Å²) in [5, 5.41) is 0. The van der Waals surface area contributed by atoms with Crippen LogP contribution in [-0.2, 0) is 6.11 Å². The van der Waals surface area contributed by atoms with Crippen molar-refractivity contribution >= 4 is 0 Å². The molecule has 0 radical (unpaired) electrons. The molecule has 0 bridgehead atoms. The summed E-state index contributed by atoms with van der Waals surface area (Å²) in [6, 6.07) is 2.92. The molecule has 30 heavy (non-hydrogen) atoms. The third-order valence-corrected chi connectivity index (χ3v) is 5.87. The average Bonchev–Trinajstić information content (AvgIpc) is 2.65. The van der Waals surface area contributed by atoms with E-state index in [0.29, 0.717) is 23.6 Å². The molecule has 3 rings (SSSR count). The topological polar surface area (TPSA) is 9.23 Å². The van der Waals surface area contributed by atoms with Crippen LogP contribution in [-0.4, -0.2) is 0 Å². The number of hydrogen-bond acceptors (Lipinski definition) is 1. The lowest BCUT2D eigenvalue weighted by atomic mass is 9.77. The molecule has 2 aromatic rings. The molecule has 7 heteroatoms. The quantitative estimate of drug-likeness (QED) is 0.426. The van der Waals surface area contributed by atoms with E-state index in [1.165, 1.54) is 0 Å². The number of halogens is 6. The Labute approximate surface area is 172 Å². The monoisotopic (exact) mass is 430 g/mol. The molecule has 1 aliphatic rings. The van der Waals surface area contributed by atoms with Crippen LogP contribution in [0.5, 0.6) is 5.75 Å². The van der Waals surface area contributed by atoms with E-state index in [2.05, 4.69) is 11.7 Å². The Morgan fingerprint density at radius 1 is 0.867 bits per heavy atom. The van der Waals surface area contributed by atoms with Gasteiger partial charge in [-0.25, -0.2) is 17.6 Å². The lowest BCUT2D eigenvalue weighted by Crippen LogP contribution is -2.26. The third kappa shape index (κ3) is 4.76. The summed E-state index contributed by atoms with van der Waals surface area (Å²) in [5.74, 6) is -5.46. The number of benzene rings is 2. The summed E-state index contributed by atoms with van der Waals surface area (Å²) >= 11 is 0. The van der Waals surface area contributed by atoms with E-state index in [0.717, 1.165) is 57.6 Å². The zero-order valence-electron chi connectivity index (χ0n) is 16.9. The van der Waals surface area contributed by atoms with Crippen LogP contribution in [0.1, 0.15) is 68.1 Å². The van der Waals surface area contributed by atoms with Crippen LogP contribution < -0.4 is 4.74 Å². The summed E-state index contributed by atoms with van der Waals surface area (Å²) in [6.07, 6.45) is 1.12. The van der Waals surface area contributed by atoms with Gasteiger partial charge < -0.3 is 4.74 Å². The first kappa shape index (κ1) is 22.5. The predicted molar refractivity (Wildman–Crippen MR) is 102 cm³/mol. The zero-order valence-corrected chi connectivity index (χ0v) is 16.9. The first-order valence-corrected chi connectivity index (χ1v) is 10.1. The molecule has 0 unspecified atom stereocenters. The van der Waals surface area contributed by atoms with Gasteiger partial charge in [0, 0.05) is 17.7 Å². The van der Waals surface area contributed by atoms with Gasteiger partial charge in [-0.15, -0.1) is 0 Å². The molecule has 0 spiro atoms. The molecular weight excluding hydrogens is 406 g/mol. The second kappa shape index (κ2) is 8.90. The van der Waals surface area contributed by atoms with Gasteiger partial charge in [0.2, 0.25) is 0 Å². The second-order valence-corrected chi connectivity index (χ2v) is 8.00. The van der Waals surface area contributed by atoms with Crippen LogP contribution in [0.15, 0.2) is 24.3 Å². The van der Waals surface area contributed by atoms with Gasteiger partial charge >= 0.3 is 6.11 Å². The van der Waals surface area contributed by atoms with E-state index < -0.39 is 40.7 Å². The molecule has 1 saturated carbocycles. The van der Waals surface area contributed by atoms with E-state index in [1.807, 2.05) is 0 Å². The van der Waals surface area contributed by atoms with Crippen molar-refractivity contribution in [3.8, 4) is 5.75 Å². The highest BCUT2D eigenvalue weighted by Crippen LogP contribution is 2.41. The van der Waals surface area contributed by atoms with Crippen molar-refractivity contribution in [2.75, 3.05) is 0 Å². The van der Waals surface area contributed by atoms with Gasteiger partial charge in [-0.2, -0.15) is 8.78 Å². The van der Waals surface area contributed by atoms with Crippen LogP contribution in [0.25, 0.3) is 0 Å². The zero-order chi connectivity index (χ0) is 22.1. The fourth-order valence-electron chi connectivity index (χ4n) is 4.18. The molecule has 2 aromatic carbocycles. The van der Waals surface area contributed by atoms with Gasteiger partial charge in [-0.3, -0.25) is 0 Å². The van der Waals surface area contributed by atoms with Crippen LogP contribution in [0.3, 0.4) is 0 Å². The summed E-state index contributed by atoms with van der Waals surface area (Å²) in [5.41, 5.74) is -1.61. The van der Waals surface area contributed by atoms with Gasteiger partial charge in [-0.1, -0.05) is 19.8 Å². The molecule has 0 N–H and O–H groups in total. The number of hydrogen-bond donors (Lipinski definition) is 0. The highest BCUT2D eigenvalue weighted by molar-refractivity contribution is 5.34. The minimum Gasteiger partial charge on any atom is -0.429 e. The van der Waals surface area contributed by atoms with Crippen molar-refractivity contribution in [1.82, 2.24) is 0 Å². The van der Waals surface area contributed by atoms with Crippen molar-refractivity contribution in [3.63, 3.8) is 0 Å². The fourth-order valence-corrected chi connectivity index (χ4v) is 4.18. The number of rotatable bonds is 6. The van der Waals surface area contributed by atoms with Crippen molar-refractivity contribution in [2.45, 2.75) is 64.4 Å². The van der Waals surface area contributed by atoms with Gasteiger partial charge in [0.25, 0.3) is 0 Å². The fraction of sp³-hybridized carbons (Fsp3) is 0.478. The average molecular weight is 430 g/mol. The lowest BCUT2D eigenvalue weighted by Gasteiger charge is -2.29. The van der Waals surface area contributed by atoms with Crippen LogP contribution >= 0.6 is 0 Å². The summed E-state index contributed by atoms with van der Waals surface area (Å²) in [6.45, 7) is 3.23. The Morgan fingerprint density at radius 2 is 1.40 bits per heavy atom. The van der Waals surface area contributed by atoms with Gasteiger partial charge in [-0.05, 0) is 62.1 Å². The summed E-state index contributed by atoms with van der Waals surface area (Å²) in [4.78, 5) is 0. The second-order valence-electron chi connectivity index (χ2n) is 8.00. The minimum atomic E-state index is -4.44. The third-order valence-electron chi connectivity index (χ3n) is 5.87. The van der Waals surface area contributed by atoms with E-state index in [4.69, 9.17) is 0 Å². The molecule has 1 aliphatic carbocycles. The highest BCUT2D eigenvalue weighted by atomic mass is 19.3.